The van der Waals surface area contributed by atoms with E-state index in [2.05, 4.69) is 0 Å². The molecule has 2 aromatic rings. The summed E-state index contributed by atoms with van der Waals surface area (Å²) >= 11 is 11.9. The van der Waals surface area contributed by atoms with Gasteiger partial charge in [0.2, 0.25) is 0 Å². The van der Waals surface area contributed by atoms with Gasteiger partial charge >= 0.3 is 0 Å². The van der Waals surface area contributed by atoms with Gasteiger partial charge < -0.3 is 9.84 Å². The maximum atomic E-state index is 9.13. The average molecular weight is 269 g/mol. The van der Waals surface area contributed by atoms with Gasteiger partial charge in [0.1, 0.15) is 18.1 Å². The molecule has 0 spiro atoms. The number of hydrogen-bond donors (Lipinski definition) is 1. The molecule has 0 aliphatic carbocycles. The molecule has 0 unspecified atom stereocenters. The molecule has 0 saturated heterocycles. The molecule has 2 rings (SSSR count). The van der Waals surface area contributed by atoms with Crippen molar-refractivity contribution in [3.8, 4) is 11.5 Å². The van der Waals surface area contributed by atoms with Crippen molar-refractivity contribution in [1.82, 2.24) is 0 Å². The molecule has 4 heteroatoms. The van der Waals surface area contributed by atoms with Crippen LogP contribution in [-0.2, 0) is 6.61 Å². The van der Waals surface area contributed by atoms with Gasteiger partial charge in [-0.25, -0.2) is 0 Å². The van der Waals surface area contributed by atoms with Crippen LogP contribution >= 0.6 is 23.2 Å². The highest BCUT2D eigenvalue weighted by Crippen LogP contribution is 2.26. The fourth-order valence-electron chi connectivity index (χ4n) is 1.36. The van der Waals surface area contributed by atoms with Crippen LogP contribution < -0.4 is 4.74 Å². The van der Waals surface area contributed by atoms with Crippen LogP contribution in [0.3, 0.4) is 0 Å². The summed E-state index contributed by atoms with van der Waals surface area (Å²) in [6, 6.07) is 11.9. The fourth-order valence-corrected chi connectivity index (χ4v) is 1.74. The number of aromatic hydroxyl groups is 1. The van der Waals surface area contributed by atoms with Gasteiger partial charge in [-0.05, 0) is 30.3 Å². The van der Waals surface area contributed by atoms with Gasteiger partial charge in [-0.3, -0.25) is 0 Å². The first-order chi connectivity index (χ1) is 8.16. The minimum atomic E-state index is 0.207. The van der Waals surface area contributed by atoms with E-state index in [-0.39, 0.29) is 5.75 Å². The van der Waals surface area contributed by atoms with E-state index in [1.165, 1.54) is 0 Å². The molecule has 0 fully saturated rings. The first kappa shape index (κ1) is 12.1. The van der Waals surface area contributed by atoms with Crippen LogP contribution in [0.25, 0.3) is 0 Å². The first-order valence-electron chi connectivity index (χ1n) is 5.01. The Bertz CT molecular complexity index is 509. The predicted molar refractivity (Wildman–Crippen MR) is 68.9 cm³/mol. The molecule has 0 aliphatic rings. The van der Waals surface area contributed by atoms with Crippen molar-refractivity contribution in [2.75, 3.05) is 0 Å². The molecular weight excluding hydrogens is 259 g/mol. The number of benzene rings is 2. The molecule has 0 aliphatic heterocycles. The number of hydrogen-bond acceptors (Lipinski definition) is 2. The molecule has 88 valence electrons. The lowest BCUT2D eigenvalue weighted by molar-refractivity contribution is 0.306. The van der Waals surface area contributed by atoms with Gasteiger partial charge in [-0.15, -0.1) is 0 Å². The van der Waals surface area contributed by atoms with Gasteiger partial charge in [0.25, 0.3) is 0 Å². The third-order valence-electron chi connectivity index (χ3n) is 2.26. The molecule has 2 aromatic carbocycles. The third-order valence-corrected chi connectivity index (χ3v) is 3.12. The van der Waals surface area contributed by atoms with Crippen molar-refractivity contribution in [1.29, 1.82) is 0 Å². The van der Waals surface area contributed by atoms with E-state index >= 15 is 0 Å². The normalized spacial score (nSPS) is 10.2. The van der Waals surface area contributed by atoms with Crippen LogP contribution in [0.2, 0.25) is 10.0 Å². The van der Waals surface area contributed by atoms with Crippen LogP contribution in [0.5, 0.6) is 11.5 Å². The molecule has 1 N–H and O–H groups in total. The minimum absolute atomic E-state index is 0.207. The highest BCUT2D eigenvalue weighted by molar-refractivity contribution is 6.42. The van der Waals surface area contributed by atoms with E-state index in [0.29, 0.717) is 22.4 Å². The van der Waals surface area contributed by atoms with Gasteiger partial charge in [-0.2, -0.15) is 0 Å². The second-order valence-electron chi connectivity index (χ2n) is 3.50. The maximum Gasteiger partial charge on any atom is 0.120 e. The molecule has 0 atom stereocenters. The van der Waals surface area contributed by atoms with Crippen molar-refractivity contribution >= 4 is 23.2 Å². The lowest BCUT2D eigenvalue weighted by Crippen LogP contribution is -1.96. The SMILES string of the molecule is Oc1ccc(OCc2cccc(Cl)c2Cl)cc1. The van der Waals surface area contributed by atoms with Crippen molar-refractivity contribution in [2.45, 2.75) is 6.61 Å². The van der Waals surface area contributed by atoms with Gasteiger partial charge in [0.15, 0.2) is 0 Å². The topological polar surface area (TPSA) is 29.5 Å². The number of ether oxygens (including phenoxy) is 1. The maximum absolute atomic E-state index is 9.13. The monoisotopic (exact) mass is 268 g/mol. The summed E-state index contributed by atoms with van der Waals surface area (Å²) in [6.07, 6.45) is 0. The third kappa shape index (κ3) is 3.05. The average Bonchev–Trinajstić information content (AvgIpc) is 2.33. The Morgan fingerprint density at radius 3 is 2.41 bits per heavy atom. The molecule has 2 nitrogen and oxygen atoms in total. The Morgan fingerprint density at radius 1 is 1.00 bits per heavy atom. The molecule has 0 heterocycles. The summed E-state index contributed by atoms with van der Waals surface area (Å²) in [5.41, 5.74) is 0.826. The molecule has 17 heavy (non-hydrogen) atoms. The summed E-state index contributed by atoms with van der Waals surface area (Å²) in [4.78, 5) is 0. The molecule has 0 amide bonds. The quantitative estimate of drug-likeness (QED) is 0.901. The van der Waals surface area contributed by atoms with E-state index < -0.39 is 0 Å². The van der Waals surface area contributed by atoms with Crippen molar-refractivity contribution < 1.29 is 9.84 Å². The van der Waals surface area contributed by atoms with E-state index in [1.807, 2.05) is 12.1 Å². The summed E-state index contributed by atoms with van der Waals surface area (Å²) in [7, 11) is 0. The molecule has 0 bridgehead atoms. The zero-order valence-corrected chi connectivity index (χ0v) is 10.4. The largest absolute Gasteiger partial charge is 0.508 e. The van der Waals surface area contributed by atoms with E-state index in [4.69, 9.17) is 33.0 Å². The van der Waals surface area contributed by atoms with Crippen LogP contribution in [0, 0.1) is 0 Å². The van der Waals surface area contributed by atoms with E-state index in [0.717, 1.165) is 5.56 Å². The van der Waals surface area contributed by atoms with Crippen LogP contribution in [0.1, 0.15) is 5.56 Å². The predicted octanol–water partition coefficient (Wildman–Crippen LogP) is 4.28. The van der Waals surface area contributed by atoms with Gasteiger partial charge in [-0.1, -0.05) is 35.3 Å². The molecule has 0 aromatic heterocycles. The number of phenols is 1. The smallest absolute Gasteiger partial charge is 0.120 e. The second-order valence-corrected chi connectivity index (χ2v) is 4.28. The number of halogens is 2. The molecular formula is C13H10Cl2O2. The first-order valence-corrected chi connectivity index (χ1v) is 5.77. The molecule has 0 radical (unpaired) electrons. The second kappa shape index (κ2) is 5.30. The van der Waals surface area contributed by atoms with Crippen LogP contribution in [0.15, 0.2) is 42.5 Å². The Hall–Kier alpha value is -1.38. The van der Waals surface area contributed by atoms with Crippen molar-refractivity contribution in [3.63, 3.8) is 0 Å². The Balaban J connectivity index is 2.07. The zero-order chi connectivity index (χ0) is 12.3. The van der Waals surface area contributed by atoms with Crippen LogP contribution in [0.4, 0.5) is 0 Å². The van der Waals surface area contributed by atoms with Crippen molar-refractivity contribution in [3.05, 3.63) is 58.1 Å². The van der Waals surface area contributed by atoms with Gasteiger partial charge in [0.05, 0.1) is 10.0 Å². The van der Waals surface area contributed by atoms with Crippen LogP contribution in [-0.4, -0.2) is 5.11 Å². The Labute approximate surface area is 109 Å². The lowest BCUT2D eigenvalue weighted by atomic mass is 10.2. The summed E-state index contributed by atoms with van der Waals surface area (Å²) in [5, 5.41) is 10.1. The lowest BCUT2D eigenvalue weighted by Gasteiger charge is -2.08. The Kier molecular flexibility index (Phi) is 3.77. The van der Waals surface area contributed by atoms with Crippen molar-refractivity contribution in [2.24, 2.45) is 0 Å². The highest BCUT2D eigenvalue weighted by atomic mass is 35.5. The Morgan fingerprint density at radius 2 is 1.71 bits per heavy atom. The van der Waals surface area contributed by atoms with E-state index in [1.54, 1.807) is 30.3 Å². The summed E-state index contributed by atoms with van der Waals surface area (Å²) < 4.78 is 5.53. The fraction of sp³-hybridized carbons (Fsp3) is 0.0769. The standard InChI is InChI=1S/C13H10Cl2O2/c14-12-3-1-2-9(13(12)15)8-17-11-6-4-10(16)5-7-11/h1-7,16H,8H2. The summed E-state index contributed by atoms with van der Waals surface area (Å²) in [6.45, 7) is 0.337. The summed E-state index contributed by atoms with van der Waals surface area (Å²) in [5.74, 6) is 0.872. The molecule has 0 saturated carbocycles. The minimum Gasteiger partial charge on any atom is -0.508 e. The zero-order valence-electron chi connectivity index (χ0n) is 8.86. The van der Waals surface area contributed by atoms with E-state index in [9.17, 15) is 0 Å². The number of rotatable bonds is 3. The van der Waals surface area contributed by atoms with Gasteiger partial charge in [0, 0.05) is 5.56 Å². The number of phenolic OH excluding ortho intramolecular Hbond substituents is 1. The highest BCUT2D eigenvalue weighted by Gasteiger charge is 2.04.